The maximum Gasteiger partial charge on any atom is 0.324 e. The van der Waals surface area contributed by atoms with E-state index in [4.69, 9.17) is 5.73 Å². The highest BCUT2D eigenvalue weighted by atomic mass is 32.1. The molecule has 4 rings (SSSR count). The number of benzene rings is 1. The Morgan fingerprint density at radius 1 is 1.27 bits per heavy atom. The molecule has 3 N–H and O–H groups in total. The number of fused-ring (bicyclic) bond motifs is 1. The topological polar surface area (TPSA) is 105 Å². The molecule has 1 fully saturated rings. The fourth-order valence-electron chi connectivity index (χ4n) is 4.24. The van der Waals surface area contributed by atoms with Crippen molar-refractivity contribution in [2.75, 3.05) is 11.9 Å². The molecule has 0 saturated carbocycles. The van der Waals surface area contributed by atoms with Gasteiger partial charge < -0.3 is 10.6 Å². The molecule has 3 amide bonds. The van der Waals surface area contributed by atoms with Crippen molar-refractivity contribution in [1.82, 2.24) is 9.88 Å². The number of carbonyl (C=O) groups excluding carboxylic acids is 3. The summed E-state index contributed by atoms with van der Waals surface area (Å²) in [5, 5.41) is 3.06. The first-order valence-corrected chi connectivity index (χ1v) is 10.7. The van der Waals surface area contributed by atoms with Gasteiger partial charge in [0.25, 0.3) is 0 Å². The highest BCUT2D eigenvalue weighted by molar-refractivity contribution is 7.18. The lowest BCUT2D eigenvalue weighted by Crippen LogP contribution is -2.45. The van der Waals surface area contributed by atoms with Gasteiger partial charge in [-0.15, -0.1) is 0 Å². The van der Waals surface area contributed by atoms with Crippen LogP contribution in [0.15, 0.2) is 30.3 Å². The Bertz CT molecular complexity index is 1090. The molecule has 2 aromatic rings. The number of aromatic nitrogens is 1. The summed E-state index contributed by atoms with van der Waals surface area (Å²) < 4.78 is 0. The maximum atomic E-state index is 13.3. The number of hydrogen-bond donors (Lipinski definition) is 2. The Balaban J connectivity index is 1.57. The summed E-state index contributed by atoms with van der Waals surface area (Å²) in [4.78, 5) is 43.8. The zero-order chi connectivity index (χ0) is 21.6. The Kier molecular flexibility index (Phi) is 4.97. The fraction of sp³-hybridized carbons (Fsp3) is 0.364. The summed E-state index contributed by atoms with van der Waals surface area (Å²) in [5.74, 6) is -0.608. The largest absolute Gasteiger partial charge is 0.368 e. The number of carbonyl (C=O) groups is 3. The number of aryl methyl sites for hydroxylation is 1. The minimum absolute atomic E-state index is 0.0975. The van der Waals surface area contributed by atoms with Crippen LogP contribution in [0.5, 0.6) is 0 Å². The number of primary amides is 1. The van der Waals surface area contributed by atoms with Crippen molar-refractivity contribution < 1.29 is 14.4 Å². The van der Waals surface area contributed by atoms with Crippen molar-refractivity contribution in [2.45, 2.75) is 45.1 Å². The molecule has 30 heavy (non-hydrogen) atoms. The van der Waals surface area contributed by atoms with E-state index in [0.717, 1.165) is 28.9 Å². The predicted octanol–water partition coefficient (Wildman–Crippen LogP) is 3.49. The predicted molar refractivity (Wildman–Crippen MR) is 117 cm³/mol. The molecular formula is C22H24N4O3S. The first kappa shape index (κ1) is 20.3. The number of rotatable bonds is 4. The number of amides is 3. The van der Waals surface area contributed by atoms with Crippen molar-refractivity contribution in [3.63, 3.8) is 0 Å². The molecule has 1 aliphatic carbocycles. The Morgan fingerprint density at radius 3 is 2.73 bits per heavy atom. The number of urea groups is 1. The molecule has 156 valence electrons. The average molecular weight is 425 g/mol. The molecule has 2 heterocycles. The monoisotopic (exact) mass is 424 g/mol. The zero-order valence-corrected chi connectivity index (χ0v) is 18.0. The quantitative estimate of drug-likeness (QED) is 0.733. The molecule has 1 aromatic carbocycles. The highest BCUT2D eigenvalue weighted by Crippen LogP contribution is 2.42. The van der Waals surface area contributed by atoms with Crippen LogP contribution < -0.4 is 11.1 Å². The second-order valence-electron chi connectivity index (χ2n) is 8.27. The van der Waals surface area contributed by atoms with E-state index in [1.165, 1.54) is 4.90 Å². The van der Waals surface area contributed by atoms with Crippen molar-refractivity contribution in [2.24, 2.45) is 5.73 Å². The van der Waals surface area contributed by atoms with E-state index in [-0.39, 0.29) is 11.2 Å². The number of allylic oxidation sites excluding steroid dienone is 2. The number of hydrogen-bond acceptors (Lipinski definition) is 5. The van der Waals surface area contributed by atoms with Crippen LogP contribution in [0, 0.1) is 6.92 Å². The minimum atomic E-state index is -0.602. The number of nitrogens with zero attached hydrogens (tertiary/aromatic N) is 2. The van der Waals surface area contributed by atoms with Gasteiger partial charge in [-0.3, -0.25) is 14.9 Å². The second kappa shape index (κ2) is 7.36. The fourth-order valence-corrected chi connectivity index (χ4v) is 5.15. The minimum Gasteiger partial charge on any atom is -0.368 e. The van der Waals surface area contributed by atoms with Crippen molar-refractivity contribution in [1.29, 1.82) is 0 Å². The summed E-state index contributed by atoms with van der Waals surface area (Å²) in [6.07, 6.45) is 3.29. The number of nitrogens with one attached hydrogen (secondary N) is 1. The number of nitrogens with two attached hydrogens (primary N) is 1. The van der Waals surface area contributed by atoms with Gasteiger partial charge in [-0.25, -0.2) is 9.78 Å². The van der Waals surface area contributed by atoms with Crippen molar-refractivity contribution in [3.05, 3.63) is 52.0 Å². The third kappa shape index (κ3) is 3.41. The molecular weight excluding hydrogens is 400 g/mol. The third-order valence-electron chi connectivity index (χ3n) is 5.72. The number of Topliss-reactive ketones (excluding diaryl/α,β-unsaturated/α-hetero) is 1. The van der Waals surface area contributed by atoms with Crippen LogP contribution >= 0.6 is 11.3 Å². The smallest absolute Gasteiger partial charge is 0.324 e. The molecule has 0 radical (unpaired) electrons. The van der Waals surface area contributed by atoms with E-state index in [1.807, 2.05) is 30.3 Å². The maximum absolute atomic E-state index is 13.3. The Labute approximate surface area is 179 Å². The van der Waals surface area contributed by atoms with Gasteiger partial charge in [0, 0.05) is 17.5 Å². The summed E-state index contributed by atoms with van der Waals surface area (Å²) in [5.41, 5.74) is 8.45. The third-order valence-corrected chi connectivity index (χ3v) is 6.79. The Hall–Kier alpha value is -3.00. The summed E-state index contributed by atoms with van der Waals surface area (Å²) >= 11 is 1.15. The normalized spacial score (nSPS) is 19.4. The van der Waals surface area contributed by atoms with Gasteiger partial charge in [0.15, 0.2) is 5.13 Å². The average Bonchev–Trinajstić information content (AvgIpc) is 3.38. The number of anilines is 1. The molecule has 0 spiro atoms. The van der Waals surface area contributed by atoms with E-state index in [0.29, 0.717) is 34.2 Å². The van der Waals surface area contributed by atoms with Gasteiger partial charge in [-0.1, -0.05) is 55.5 Å². The van der Waals surface area contributed by atoms with Gasteiger partial charge in [0.1, 0.15) is 6.04 Å². The standard InChI is InChI=1S/C22H24N4O3S/c1-12-18(17(27)14-11-22(2,3)15-8-5-4-7-13(14)15)30-20(24-12)25-21(29)26-10-6-9-16(26)19(23)28/h4-5,7-8,11,16H,6,9-10H2,1-3H3,(H2,23,28)(H,24,25,29)/t16-/m0/s1. The van der Waals surface area contributed by atoms with Gasteiger partial charge in [-0.2, -0.15) is 0 Å². The van der Waals surface area contributed by atoms with Gasteiger partial charge >= 0.3 is 6.03 Å². The molecule has 8 heteroatoms. The summed E-state index contributed by atoms with van der Waals surface area (Å²) in [7, 11) is 0. The van der Waals surface area contributed by atoms with Crippen LogP contribution in [0.25, 0.3) is 5.57 Å². The SMILES string of the molecule is Cc1nc(NC(=O)N2CCC[C@H]2C(N)=O)sc1C(=O)C1=CC(C)(C)c2ccccc21. The van der Waals surface area contributed by atoms with E-state index in [9.17, 15) is 14.4 Å². The van der Waals surface area contributed by atoms with Gasteiger partial charge in [0.05, 0.1) is 10.6 Å². The number of ketones is 1. The van der Waals surface area contributed by atoms with Crippen LogP contribution in [0.1, 0.15) is 53.2 Å². The molecule has 7 nitrogen and oxygen atoms in total. The van der Waals surface area contributed by atoms with Crippen LogP contribution in [0.2, 0.25) is 0 Å². The summed E-state index contributed by atoms with van der Waals surface area (Å²) in [6.45, 7) is 6.40. The number of likely N-dealkylation sites (tertiary alicyclic amines) is 1. The second-order valence-corrected chi connectivity index (χ2v) is 9.27. The van der Waals surface area contributed by atoms with E-state index >= 15 is 0 Å². The van der Waals surface area contributed by atoms with Gasteiger partial charge in [-0.05, 0) is 30.9 Å². The van der Waals surface area contributed by atoms with E-state index in [1.54, 1.807) is 6.92 Å². The molecule has 1 aliphatic heterocycles. The molecule has 1 atom stereocenters. The molecule has 0 unspecified atom stereocenters. The first-order chi connectivity index (χ1) is 14.2. The van der Waals surface area contributed by atoms with Crippen LogP contribution in [0.3, 0.4) is 0 Å². The van der Waals surface area contributed by atoms with Crippen molar-refractivity contribution in [3.8, 4) is 0 Å². The molecule has 2 aliphatic rings. The number of thiazole rings is 1. The lowest BCUT2D eigenvalue weighted by Gasteiger charge is -2.21. The molecule has 1 aromatic heterocycles. The van der Waals surface area contributed by atoms with Gasteiger partial charge in [0.2, 0.25) is 11.7 Å². The molecule has 1 saturated heterocycles. The zero-order valence-electron chi connectivity index (χ0n) is 17.2. The Morgan fingerprint density at radius 2 is 2.00 bits per heavy atom. The van der Waals surface area contributed by atoms with E-state index < -0.39 is 18.0 Å². The highest BCUT2D eigenvalue weighted by Gasteiger charge is 2.35. The van der Waals surface area contributed by atoms with Crippen molar-refractivity contribution >= 4 is 39.8 Å². The first-order valence-electron chi connectivity index (χ1n) is 9.91. The lowest BCUT2D eigenvalue weighted by atomic mass is 9.87. The van der Waals surface area contributed by atoms with Crippen LogP contribution in [0.4, 0.5) is 9.93 Å². The molecule has 0 bridgehead atoms. The van der Waals surface area contributed by atoms with Crippen LogP contribution in [-0.2, 0) is 10.2 Å². The van der Waals surface area contributed by atoms with E-state index in [2.05, 4.69) is 24.1 Å². The van der Waals surface area contributed by atoms with Crippen LogP contribution in [-0.4, -0.2) is 40.2 Å². The summed E-state index contributed by atoms with van der Waals surface area (Å²) in [6, 6.07) is 6.89. The lowest BCUT2D eigenvalue weighted by molar-refractivity contribution is -0.121.